The molecule has 1 aliphatic heterocycles. The quantitative estimate of drug-likeness (QED) is 0.271. The highest BCUT2D eigenvalue weighted by Crippen LogP contribution is 2.43. The van der Waals surface area contributed by atoms with Crippen molar-refractivity contribution in [2.75, 3.05) is 13.2 Å². The van der Waals surface area contributed by atoms with Crippen molar-refractivity contribution in [2.45, 2.75) is 53.5 Å². The predicted octanol–water partition coefficient (Wildman–Crippen LogP) is 6.90. The average molecular weight is 541 g/mol. The molecule has 0 bridgehead atoms. The van der Waals surface area contributed by atoms with Crippen molar-refractivity contribution in [3.05, 3.63) is 68.1 Å². The highest BCUT2D eigenvalue weighted by Gasteiger charge is 2.32. The van der Waals surface area contributed by atoms with Crippen LogP contribution in [0.1, 0.15) is 58.0 Å². The zero-order chi connectivity index (χ0) is 27.5. The third-order valence-electron chi connectivity index (χ3n) is 7.37. The molecule has 1 amide bonds. The molecule has 0 spiro atoms. The van der Waals surface area contributed by atoms with Gasteiger partial charge in [-0.1, -0.05) is 29.3 Å². The van der Waals surface area contributed by atoms with Crippen LogP contribution in [0.25, 0.3) is 22.0 Å². The third kappa shape index (κ3) is 4.30. The molecule has 1 unspecified atom stereocenters. The Balaban J connectivity index is 1.59. The van der Waals surface area contributed by atoms with E-state index in [1.807, 2.05) is 70.6 Å². The van der Waals surface area contributed by atoms with Gasteiger partial charge in [-0.25, -0.2) is 0 Å². The molecule has 4 aromatic rings. The lowest BCUT2D eigenvalue weighted by molar-refractivity contribution is 0.0918. The van der Waals surface area contributed by atoms with Crippen LogP contribution in [-0.2, 0) is 13.5 Å². The highest BCUT2D eigenvalue weighted by atomic mass is 35.5. The van der Waals surface area contributed by atoms with E-state index in [1.54, 1.807) is 0 Å². The van der Waals surface area contributed by atoms with Gasteiger partial charge in [0.2, 0.25) is 0 Å². The number of rotatable bonds is 6. The summed E-state index contributed by atoms with van der Waals surface area (Å²) in [6.45, 7) is 10.8. The van der Waals surface area contributed by atoms with Crippen molar-refractivity contribution in [3.8, 4) is 16.9 Å². The summed E-state index contributed by atoms with van der Waals surface area (Å²) in [4.78, 5) is 13.4. The molecule has 0 saturated heterocycles. The van der Waals surface area contributed by atoms with Gasteiger partial charge < -0.3 is 14.6 Å². The Morgan fingerprint density at radius 3 is 2.51 bits per heavy atom. The van der Waals surface area contributed by atoms with Gasteiger partial charge in [-0.15, -0.1) is 0 Å². The van der Waals surface area contributed by atoms with Crippen LogP contribution in [0.3, 0.4) is 0 Å². The van der Waals surface area contributed by atoms with Crippen LogP contribution >= 0.6 is 23.2 Å². The van der Waals surface area contributed by atoms with Crippen LogP contribution in [0, 0.1) is 27.7 Å². The zero-order valence-electron chi connectivity index (χ0n) is 23.1. The summed E-state index contributed by atoms with van der Waals surface area (Å²) in [6.07, 6.45) is 1.33. The second kappa shape index (κ2) is 9.73. The van der Waals surface area contributed by atoms with Crippen molar-refractivity contribution in [1.29, 1.82) is 0 Å². The van der Waals surface area contributed by atoms with Gasteiger partial charge in [0.05, 0.1) is 22.8 Å². The first-order chi connectivity index (χ1) is 18.0. The largest absolute Gasteiger partial charge is 0.494 e. The van der Waals surface area contributed by atoms with E-state index in [1.165, 1.54) is 0 Å². The molecule has 2 aromatic heterocycles. The number of halogens is 2. The summed E-state index contributed by atoms with van der Waals surface area (Å²) in [5.74, 6) is 0.493. The smallest absolute Gasteiger partial charge is 0.268 e. The number of benzene rings is 2. The van der Waals surface area contributed by atoms with Gasteiger partial charge in [0.1, 0.15) is 11.4 Å². The lowest BCUT2D eigenvalue weighted by Gasteiger charge is -2.25. The fraction of sp³-hybridized carbons (Fsp3) is 0.379. The first-order valence-electron chi connectivity index (χ1n) is 13.0. The SMILES string of the molecule is [2H]N1CC(C)n2c(c(CCCOc3cc(C)c(Cl)c(C)c3)c3ccc(Cl)c(-c4c(C)nn(C)c4C)c32)C1=O. The van der Waals surface area contributed by atoms with E-state index in [0.717, 1.165) is 66.2 Å². The normalized spacial score (nSPS) is 15.9. The molecule has 6 nitrogen and oxygen atoms in total. The molecule has 0 saturated carbocycles. The van der Waals surface area contributed by atoms with Crippen LogP contribution < -0.4 is 10.0 Å². The lowest BCUT2D eigenvalue weighted by atomic mass is 9.98. The van der Waals surface area contributed by atoms with Crippen LogP contribution in [0.2, 0.25) is 11.5 Å². The van der Waals surface area contributed by atoms with Gasteiger partial charge in [0, 0.05) is 46.9 Å². The van der Waals surface area contributed by atoms with E-state index in [4.69, 9.17) is 29.4 Å². The minimum atomic E-state index is -0.291. The Labute approximate surface area is 229 Å². The Morgan fingerprint density at radius 2 is 1.86 bits per heavy atom. The molecule has 0 radical (unpaired) electrons. The van der Waals surface area contributed by atoms with E-state index in [2.05, 4.69) is 9.67 Å². The second-order valence-electron chi connectivity index (χ2n) is 10.0. The lowest BCUT2D eigenvalue weighted by Crippen LogP contribution is -2.38. The number of ether oxygens (including phenoxy) is 1. The molecule has 1 aliphatic rings. The van der Waals surface area contributed by atoms with Crippen LogP contribution in [0.5, 0.6) is 5.75 Å². The van der Waals surface area contributed by atoms with Crippen molar-refractivity contribution in [2.24, 2.45) is 7.05 Å². The fourth-order valence-corrected chi connectivity index (χ4v) is 5.90. The van der Waals surface area contributed by atoms with E-state index >= 15 is 0 Å². The number of aryl methyl sites for hydroxylation is 5. The predicted molar refractivity (Wildman–Crippen MR) is 150 cm³/mol. The number of carbonyl (C=O) groups excluding carboxylic acids is 1. The first-order valence-corrected chi connectivity index (χ1v) is 13.3. The van der Waals surface area contributed by atoms with E-state index < -0.39 is 0 Å². The molecular weight excluding hydrogens is 507 g/mol. The number of nitrogens with zero attached hydrogens (tertiary/aromatic N) is 3. The number of amides is 1. The Hall–Kier alpha value is -2.96. The van der Waals surface area contributed by atoms with Crippen LogP contribution in [0.4, 0.5) is 0 Å². The second-order valence-corrected chi connectivity index (χ2v) is 10.8. The summed E-state index contributed by atoms with van der Waals surface area (Å²) in [5, 5.41) is 8.05. The highest BCUT2D eigenvalue weighted by molar-refractivity contribution is 6.35. The Bertz CT molecular complexity index is 1570. The Kier molecular flexibility index (Phi) is 6.41. The molecule has 8 heteroatoms. The molecule has 0 aliphatic carbocycles. The minimum Gasteiger partial charge on any atom is -0.494 e. The Morgan fingerprint density at radius 1 is 1.16 bits per heavy atom. The summed E-state index contributed by atoms with van der Waals surface area (Å²) in [5.41, 5.74) is 8.15. The van der Waals surface area contributed by atoms with Gasteiger partial charge >= 0.3 is 0 Å². The number of hydrogen-bond donors (Lipinski definition) is 1. The van der Waals surface area contributed by atoms with Crippen LogP contribution in [-0.4, -0.2) is 33.4 Å². The average Bonchev–Trinajstić information content (AvgIpc) is 3.32. The van der Waals surface area contributed by atoms with Gasteiger partial charge in [-0.3, -0.25) is 9.48 Å². The molecule has 2 aromatic carbocycles. The molecule has 1 atom stereocenters. The molecule has 194 valence electrons. The van der Waals surface area contributed by atoms with E-state index in [-0.39, 0.29) is 11.9 Å². The van der Waals surface area contributed by atoms with Gasteiger partial charge in [-0.2, -0.15) is 5.10 Å². The zero-order valence-corrected chi connectivity index (χ0v) is 23.6. The molecule has 1 N–H and O–H groups in total. The molecule has 0 fully saturated rings. The van der Waals surface area contributed by atoms with Gasteiger partial charge in [0.15, 0.2) is 1.41 Å². The summed E-state index contributed by atoms with van der Waals surface area (Å²) >= 11 is 13.2. The number of carbonyl (C=O) groups is 1. The molecule has 37 heavy (non-hydrogen) atoms. The molecule has 5 rings (SSSR count). The topological polar surface area (TPSA) is 61.1 Å². The summed E-state index contributed by atoms with van der Waals surface area (Å²) in [6, 6.07) is 7.72. The van der Waals surface area contributed by atoms with E-state index in [9.17, 15) is 4.79 Å². The number of hydrogen-bond acceptors (Lipinski definition) is 3. The minimum absolute atomic E-state index is 0.0813. The number of aromatic nitrogens is 3. The van der Waals surface area contributed by atoms with Crippen molar-refractivity contribution < 1.29 is 10.9 Å². The standard InChI is InChI=1S/C29H32Cl2N4O2/c1-15-12-20(13-16(2)26(15)31)37-11-7-8-21-22-9-10-23(30)25(24-18(4)33-34(6)19(24)5)27(22)35-17(3)14-32-29(36)28(21)35/h9-10,12-13,17H,7-8,11,14H2,1-6H3,(H,32,36)/i/hD. The third-order valence-corrected chi connectivity index (χ3v) is 8.28. The maximum absolute atomic E-state index is 13.4. The van der Waals surface area contributed by atoms with Crippen molar-refractivity contribution in [3.63, 3.8) is 0 Å². The molecule has 3 heterocycles. The van der Waals surface area contributed by atoms with Crippen LogP contribution in [0.15, 0.2) is 24.3 Å². The van der Waals surface area contributed by atoms with E-state index in [0.29, 0.717) is 36.7 Å². The summed E-state index contributed by atoms with van der Waals surface area (Å²) in [7, 11) is 1.92. The maximum Gasteiger partial charge on any atom is 0.268 e. The van der Waals surface area contributed by atoms with Crippen molar-refractivity contribution >= 4 is 40.0 Å². The fourth-order valence-electron chi connectivity index (χ4n) is 5.54. The van der Waals surface area contributed by atoms with Crippen molar-refractivity contribution in [1.82, 2.24) is 19.7 Å². The van der Waals surface area contributed by atoms with Gasteiger partial charge in [0.25, 0.3) is 5.91 Å². The summed E-state index contributed by atoms with van der Waals surface area (Å²) < 4.78 is 18.3. The number of fused-ring (bicyclic) bond motifs is 3. The van der Waals surface area contributed by atoms with Gasteiger partial charge in [-0.05, 0) is 82.3 Å². The first kappa shape index (κ1) is 24.4. The number of nitrogens with one attached hydrogen (secondary N) is 1. The maximum atomic E-state index is 13.4. The molecular formula is C29H32Cl2N4O2. The monoisotopic (exact) mass is 539 g/mol.